The zero-order valence-corrected chi connectivity index (χ0v) is 13.6. The highest BCUT2D eigenvalue weighted by Gasteiger charge is 2.51. The van der Waals surface area contributed by atoms with E-state index >= 15 is 0 Å². The molecule has 2 heterocycles. The fourth-order valence-corrected chi connectivity index (χ4v) is 4.07. The quantitative estimate of drug-likeness (QED) is 0.894. The Balaban J connectivity index is 1.89. The molecule has 124 valence electrons. The second-order valence-electron chi connectivity index (χ2n) is 6.67. The molecular weight excluding hydrogens is 300 g/mol. The molecule has 2 N–H and O–H groups in total. The van der Waals surface area contributed by atoms with Crippen molar-refractivity contribution in [2.45, 2.75) is 30.9 Å². The Labute approximate surface area is 142 Å². The number of carbonyl (C=O) groups excluding carboxylic acids is 1. The summed E-state index contributed by atoms with van der Waals surface area (Å²) in [4.78, 5) is 15.1. The first-order valence-electron chi connectivity index (χ1n) is 8.63. The van der Waals surface area contributed by atoms with Gasteiger partial charge in [-0.15, -0.1) is 0 Å². The van der Waals surface area contributed by atoms with Crippen LogP contribution < -0.4 is 5.32 Å². The third-order valence-electron chi connectivity index (χ3n) is 5.21. The maximum Gasteiger partial charge on any atom is 0.245 e. The fraction of sp³-hybridized carbons (Fsp3) is 0.350. The van der Waals surface area contributed by atoms with Gasteiger partial charge in [-0.1, -0.05) is 55.0 Å². The summed E-state index contributed by atoms with van der Waals surface area (Å²) in [5, 5.41) is 14.9. The van der Waals surface area contributed by atoms with Gasteiger partial charge in [-0.2, -0.15) is 0 Å². The van der Waals surface area contributed by atoms with Gasteiger partial charge in [0.2, 0.25) is 5.91 Å². The Bertz CT molecular complexity index is 740. The molecule has 0 bridgehead atoms. The van der Waals surface area contributed by atoms with Crippen molar-refractivity contribution in [1.29, 1.82) is 0 Å². The van der Waals surface area contributed by atoms with Crippen molar-refractivity contribution < 1.29 is 9.90 Å². The predicted molar refractivity (Wildman–Crippen MR) is 93.7 cm³/mol. The lowest BCUT2D eigenvalue weighted by Gasteiger charge is -2.47. The van der Waals surface area contributed by atoms with Gasteiger partial charge in [0.1, 0.15) is 11.6 Å². The standard InChI is InChI=1S/C20H22N2O2/c23-19-18(22-13-7-2-8-14-22)20(24,15-9-3-1-4-10-15)16-11-5-6-12-17(16)21-19/h1,3-6,9-12,18,24H,2,7-8,13-14H2,(H,21,23)/t18-,20+/m1/s1. The van der Waals surface area contributed by atoms with Crippen LogP contribution in [0, 0.1) is 0 Å². The number of para-hydroxylation sites is 1. The molecule has 2 aliphatic rings. The van der Waals surface area contributed by atoms with Gasteiger partial charge < -0.3 is 10.4 Å². The third-order valence-corrected chi connectivity index (χ3v) is 5.21. The molecule has 0 unspecified atom stereocenters. The summed E-state index contributed by atoms with van der Waals surface area (Å²) in [6.45, 7) is 1.69. The van der Waals surface area contributed by atoms with Gasteiger partial charge in [0.25, 0.3) is 0 Å². The second-order valence-corrected chi connectivity index (χ2v) is 6.67. The number of benzene rings is 2. The Morgan fingerprint density at radius 1 is 0.958 bits per heavy atom. The second kappa shape index (κ2) is 6.04. The van der Waals surface area contributed by atoms with E-state index in [1.165, 1.54) is 6.42 Å². The third kappa shape index (κ3) is 2.34. The minimum atomic E-state index is -1.34. The van der Waals surface area contributed by atoms with Gasteiger partial charge in [-0.3, -0.25) is 9.69 Å². The number of nitrogens with zero attached hydrogens (tertiary/aromatic N) is 1. The molecular formula is C20H22N2O2. The van der Waals surface area contributed by atoms with Gasteiger partial charge in [0.05, 0.1) is 0 Å². The molecule has 24 heavy (non-hydrogen) atoms. The zero-order valence-electron chi connectivity index (χ0n) is 13.6. The first-order chi connectivity index (χ1) is 11.7. The van der Waals surface area contributed by atoms with Crippen LogP contribution in [0.3, 0.4) is 0 Å². The highest BCUT2D eigenvalue weighted by molar-refractivity contribution is 6.00. The zero-order chi connectivity index (χ0) is 16.6. The molecule has 4 heteroatoms. The van der Waals surface area contributed by atoms with Gasteiger partial charge in [-0.05, 0) is 37.6 Å². The topological polar surface area (TPSA) is 52.6 Å². The van der Waals surface area contributed by atoms with E-state index in [4.69, 9.17) is 0 Å². The van der Waals surface area contributed by atoms with Crippen molar-refractivity contribution in [3.05, 3.63) is 65.7 Å². The number of aliphatic hydroxyl groups is 1. The largest absolute Gasteiger partial charge is 0.378 e. The van der Waals surface area contributed by atoms with Crippen LogP contribution >= 0.6 is 0 Å². The van der Waals surface area contributed by atoms with E-state index < -0.39 is 11.6 Å². The Morgan fingerprint density at radius 3 is 2.38 bits per heavy atom. The number of piperidine rings is 1. The van der Waals surface area contributed by atoms with E-state index in [1.54, 1.807) is 0 Å². The summed E-state index contributed by atoms with van der Waals surface area (Å²) in [7, 11) is 0. The van der Waals surface area contributed by atoms with Crippen LogP contribution in [0.25, 0.3) is 0 Å². The molecule has 0 radical (unpaired) electrons. The molecule has 0 spiro atoms. The highest BCUT2D eigenvalue weighted by atomic mass is 16.3. The van der Waals surface area contributed by atoms with Gasteiger partial charge in [0, 0.05) is 11.3 Å². The van der Waals surface area contributed by atoms with E-state index in [2.05, 4.69) is 10.2 Å². The monoisotopic (exact) mass is 322 g/mol. The lowest BCUT2D eigenvalue weighted by molar-refractivity contribution is -0.132. The van der Waals surface area contributed by atoms with Gasteiger partial charge in [-0.25, -0.2) is 0 Å². The predicted octanol–water partition coefficient (Wildman–Crippen LogP) is 2.73. The molecule has 2 atom stereocenters. The molecule has 0 aromatic heterocycles. The molecule has 4 rings (SSSR count). The van der Waals surface area contributed by atoms with Crippen molar-refractivity contribution in [3.63, 3.8) is 0 Å². The van der Waals surface area contributed by atoms with Crippen LogP contribution in [-0.2, 0) is 10.4 Å². The minimum Gasteiger partial charge on any atom is -0.378 e. The molecule has 1 fully saturated rings. The molecule has 0 aliphatic carbocycles. The number of likely N-dealkylation sites (tertiary alicyclic amines) is 1. The number of hydrogen-bond acceptors (Lipinski definition) is 3. The number of amides is 1. The highest BCUT2D eigenvalue weighted by Crippen LogP contribution is 2.43. The van der Waals surface area contributed by atoms with Crippen molar-refractivity contribution in [2.24, 2.45) is 0 Å². The van der Waals surface area contributed by atoms with E-state index in [1.807, 2.05) is 54.6 Å². The van der Waals surface area contributed by atoms with Crippen molar-refractivity contribution >= 4 is 11.6 Å². The number of hydrogen-bond donors (Lipinski definition) is 2. The molecule has 4 nitrogen and oxygen atoms in total. The van der Waals surface area contributed by atoms with Crippen LogP contribution in [-0.4, -0.2) is 35.0 Å². The van der Waals surface area contributed by atoms with E-state index in [0.717, 1.165) is 37.1 Å². The summed E-state index contributed by atoms with van der Waals surface area (Å²) in [5.74, 6) is -0.123. The molecule has 0 saturated carbocycles. The Kier molecular flexibility index (Phi) is 3.87. The van der Waals surface area contributed by atoms with E-state index in [9.17, 15) is 9.90 Å². The SMILES string of the molecule is O=C1Nc2ccccc2[C@@](O)(c2ccccc2)[C@@H]1N1CCCCC1. The van der Waals surface area contributed by atoms with Crippen molar-refractivity contribution in [1.82, 2.24) is 4.90 Å². The summed E-state index contributed by atoms with van der Waals surface area (Å²) in [6, 6.07) is 16.5. The average Bonchev–Trinajstić information content (AvgIpc) is 2.63. The lowest BCUT2D eigenvalue weighted by atomic mass is 9.75. The average molecular weight is 322 g/mol. The minimum absolute atomic E-state index is 0.123. The Hall–Kier alpha value is -2.17. The van der Waals surface area contributed by atoms with E-state index in [0.29, 0.717) is 5.69 Å². The van der Waals surface area contributed by atoms with Crippen LogP contribution in [0.2, 0.25) is 0 Å². The maximum atomic E-state index is 12.9. The van der Waals surface area contributed by atoms with Gasteiger partial charge in [0.15, 0.2) is 0 Å². The van der Waals surface area contributed by atoms with Crippen LogP contribution in [0.1, 0.15) is 30.4 Å². The van der Waals surface area contributed by atoms with Crippen molar-refractivity contribution in [3.8, 4) is 0 Å². The summed E-state index contributed by atoms with van der Waals surface area (Å²) in [5.41, 5.74) is 0.897. The summed E-state index contributed by atoms with van der Waals surface area (Å²) < 4.78 is 0. The molecule has 2 aromatic carbocycles. The van der Waals surface area contributed by atoms with Crippen LogP contribution in [0.15, 0.2) is 54.6 Å². The number of carbonyl (C=O) groups is 1. The number of fused-ring (bicyclic) bond motifs is 1. The smallest absolute Gasteiger partial charge is 0.245 e. The van der Waals surface area contributed by atoms with Crippen LogP contribution in [0.4, 0.5) is 5.69 Å². The number of rotatable bonds is 2. The van der Waals surface area contributed by atoms with Crippen molar-refractivity contribution in [2.75, 3.05) is 18.4 Å². The molecule has 2 aliphatic heterocycles. The number of anilines is 1. The molecule has 2 aromatic rings. The first kappa shape index (κ1) is 15.4. The van der Waals surface area contributed by atoms with Crippen LogP contribution in [0.5, 0.6) is 0 Å². The van der Waals surface area contributed by atoms with E-state index in [-0.39, 0.29) is 5.91 Å². The summed E-state index contributed by atoms with van der Waals surface area (Å²) >= 11 is 0. The summed E-state index contributed by atoms with van der Waals surface area (Å²) in [6.07, 6.45) is 3.32. The number of nitrogens with one attached hydrogen (secondary N) is 1. The van der Waals surface area contributed by atoms with Gasteiger partial charge >= 0.3 is 0 Å². The molecule has 1 amide bonds. The Morgan fingerprint density at radius 2 is 1.62 bits per heavy atom. The maximum absolute atomic E-state index is 12.9. The normalized spacial score (nSPS) is 27.4. The molecule has 1 saturated heterocycles. The fourth-order valence-electron chi connectivity index (χ4n) is 4.07. The first-order valence-corrected chi connectivity index (χ1v) is 8.63. The lowest BCUT2D eigenvalue weighted by Crippen LogP contribution is -2.61.